The number of likely N-dealkylation sites (N-methyl/N-ethyl adjacent to an activating group) is 1. The van der Waals surface area contributed by atoms with E-state index in [-0.39, 0.29) is 11.5 Å². The molecule has 1 aliphatic rings. The van der Waals surface area contributed by atoms with Gasteiger partial charge in [0.15, 0.2) is 9.84 Å². The van der Waals surface area contributed by atoms with Crippen LogP contribution in [0.5, 0.6) is 0 Å². The van der Waals surface area contributed by atoms with E-state index < -0.39 is 45.4 Å². The normalized spacial score (nSPS) is 16.0. The van der Waals surface area contributed by atoms with E-state index in [4.69, 9.17) is 0 Å². The molecule has 0 radical (unpaired) electrons. The average Bonchev–Trinajstić information content (AvgIpc) is 3.07. The highest BCUT2D eigenvalue weighted by Crippen LogP contribution is 2.25. The Hall–Kier alpha value is -3.12. The number of hydrogen-bond acceptors (Lipinski definition) is 5. The summed E-state index contributed by atoms with van der Waals surface area (Å²) in [6, 6.07) is 0. The third-order valence-electron chi connectivity index (χ3n) is 5.95. The Morgan fingerprint density at radius 1 is 1.16 bits per heavy atom. The van der Waals surface area contributed by atoms with Crippen LogP contribution in [0.2, 0.25) is 0 Å². The zero-order valence-electron chi connectivity index (χ0n) is 22.1. The Labute approximate surface area is 221 Å². The van der Waals surface area contributed by atoms with E-state index in [9.17, 15) is 31.2 Å². The first-order valence-electron chi connectivity index (χ1n) is 12.0. The van der Waals surface area contributed by atoms with Gasteiger partial charge in [0.2, 0.25) is 0 Å². The Morgan fingerprint density at radius 2 is 1.79 bits per heavy atom. The lowest BCUT2D eigenvalue weighted by Crippen LogP contribution is -2.47. The molecule has 2 amide bonds. The number of aromatic amines is 1. The zero-order chi connectivity index (χ0) is 28.7. The topological polar surface area (TPSA) is 103 Å². The molecule has 0 aromatic carbocycles. The molecule has 0 unspecified atom stereocenters. The molecule has 2 rings (SSSR count). The summed E-state index contributed by atoms with van der Waals surface area (Å²) in [6.45, 7) is 11.2. The molecular formula is C26H35F3N4O4S. The number of carbonyl (C=O) groups excluding carboxylic acids is 2. The predicted octanol–water partition coefficient (Wildman–Crippen LogP) is 3.53. The fourth-order valence-corrected chi connectivity index (χ4v) is 5.25. The van der Waals surface area contributed by atoms with Crippen molar-refractivity contribution in [1.82, 2.24) is 20.1 Å². The van der Waals surface area contributed by atoms with Crippen molar-refractivity contribution in [2.24, 2.45) is 0 Å². The van der Waals surface area contributed by atoms with Crippen molar-refractivity contribution < 1.29 is 31.2 Å². The molecule has 0 saturated carbocycles. The van der Waals surface area contributed by atoms with Crippen LogP contribution in [0.15, 0.2) is 42.2 Å². The SMILES string of the molecule is C=C(CC(F)(F)F)CS(=O)(=O)C/C=C/C(=C/c1[nH]c(C)c(C(=O)N2CCN(C)CC2)c1C)C(=O)N/C=C/C. The lowest BCUT2D eigenvalue weighted by molar-refractivity contribution is -0.126. The molecule has 1 saturated heterocycles. The number of hydrogen-bond donors (Lipinski definition) is 2. The van der Waals surface area contributed by atoms with Gasteiger partial charge >= 0.3 is 6.18 Å². The van der Waals surface area contributed by atoms with Crippen LogP contribution in [-0.2, 0) is 14.6 Å². The van der Waals surface area contributed by atoms with Crippen molar-refractivity contribution in [3.63, 3.8) is 0 Å². The monoisotopic (exact) mass is 556 g/mol. The second kappa shape index (κ2) is 13.1. The van der Waals surface area contributed by atoms with Gasteiger partial charge in [-0.3, -0.25) is 9.59 Å². The number of H-pyrrole nitrogens is 1. The van der Waals surface area contributed by atoms with Crippen molar-refractivity contribution in [2.75, 3.05) is 44.7 Å². The Bertz CT molecular complexity index is 1240. The molecule has 1 fully saturated rings. The predicted molar refractivity (Wildman–Crippen MR) is 142 cm³/mol. The van der Waals surface area contributed by atoms with Crippen LogP contribution >= 0.6 is 0 Å². The molecule has 1 aromatic rings. The van der Waals surface area contributed by atoms with E-state index in [1.54, 1.807) is 31.7 Å². The van der Waals surface area contributed by atoms with Crippen molar-refractivity contribution in [1.29, 1.82) is 0 Å². The number of amides is 2. The number of halogens is 3. The van der Waals surface area contributed by atoms with E-state index in [0.29, 0.717) is 35.6 Å². The number of aryl methyl sites for hydroxylation is 1. The standard InChI is InChI=1S/C26H35F3N4O4S/c1-6-9-30-24(34)21(8-7-14-38(36,37)17-18(2)16-26(27,28)29)15-22-19(3)23(20(4)31-22)25(35)33-12-10-32(5)11-13-33/h6-9,15,31H,2,10-14,16-17H2,1,3-5H3,(H,30,34)/b8-7+,9-6+,21-15-. The van der Waals surface area contributed by atoms with Gasteiger partial charge < -0.3 is 20.1 Å². The minimum atomic E-state index is -4.54. The van der Waals surface area contributed by atoms with Gasteiger partial charge in [-0.05, 0) is 45.7 Å². The molecule has 0 bridgehead atoms. The van der Waals surface area contributed by atoms with Gasteiger partial charge in [0, 0.05) is 43.1 Å². The van der Waals surface area contributed by atoms with Crippen LogP contribution < -0.4 is 5.32 Å². The molecule has 1 aromatic heterocycles. The van der Waals surface area contributed by atoms with Crippen LogP contribution in [0.25, 0.3) is 6.08 Å². The van der Waals surface area contributed by atoms with Gasteiger partial charge in [-0.2, -0.15) is 13.2 Å². The van der Waals surface area contributed by atoms with Crippen molar-refractivity contribution in [2.45, 2.75) is 33.4 Å². The van der Waals surface area contributed by atoms with Gasteiger partial charge in [-0.15, -0.1) is 0 Å². The highest BCUT2D eigenvalue weighted by Gasteiger charge is 2.29. The lowest BCUT2D eigenvalue weighted by Gasteiger charge is -2.32. The van der Waals surface area contributed by atoms with E-state index in [0.717, 1.165) is 13.1 Å². The van der Waals surface area contributed by atoms with Crippen molar-refractivity contribution in [3.05, 3.63) is 64.7 Å². The fraction of sp³-hybridized carbons (Fsp3) is 0.462. The van der Waals surface area contributed by atoms with Crippen LogP contribution in [0.1, 0.15) is 40.7 Å². The number of carbonyl (C=O) groups is 2. The van der Waals surface area contributed by atoms with Crippen molar-refractivity contribution in [3.8, 4) is 0 Å². The molecule has 12 heteroatoms. The molecule has 8 nitrogen and oxygen atoms in total. The summed E-state index contributed by atoms with van der Waals surface area (Å²) >= 11 is 0. The van der Waals surface area contributed by atoms with Gasteiger partial charge in [0.05, 0.1) is 23.5 Å². The molecule has 0 spiro atoms. The Balaban J connectivity index is 2.30. The summed E-state index contributed by atoms with van der Waals surface area (Å²) in [4.78, 5) is 33.0. The van der Waals surface area contributed by atoms with Crippen LogP contribution in [0.3, 0.4) is 0 Å². The van der Waals surface area contributed by atoms with Crippen LogP contribution in [0.4, 0.5) is 13.2 Å². The third-order valence-corrected chi connectivity index (χ3v) is 7.49. The molecular weight excluding hydrogens is 521 g/mol. The third kappa shape index (κ3) is 9.32. The highest BCUT2D eigenvalue weighted by molar-refractivity contribution is 7.91. The van der Waals surface area contributed by atoms with Crippen molar-refractivity contribution >= 4 is 27.7 Å². The van der Waals surface area contributed by atoms with Gasteiger partial charge in [0.1, 0.15) is 0 Å². The number of rotatable bonds is 10. The maximum Gasteiger partial charge on any atom is 0.392 e. The van der Waals surface area contributed by atoms with E-state index in [1.165, 1.54) is 24.4 Å². The van der Waals surface area contributed by atoms with E-state index in [1.807, 2.05) is 7.05 Å². The first-order chi connectivity index (χ1) is 17.6. The molecule has 2 heterocycles. The summed E-state index contributed by atoms with van der Waals surface area (Å²) in [5, 5.41) is 2.56. The first-order valence-corrected chi connectivity index (χ1v) is 13.9. The Morgan fingerprint density at radius 3 is 2.37 bits per heavy atom. The number of aromatic nitrogens is 1. The first kappa shape index (κ1) is 31.1. The van der Waals surface area contributed by atoms with Crippen LogP contribution in [-0.4, -0.2) is 85.9 Å². The molecule has 38 heavy (non-hydrogen) atoms. The molecule has 0 aliphatic carbocycles. The summed E-state index contributed by atoms with van der Waals surface area (Å²) in [5.41, 5.74) is 1.95. The largest absolute Gasteiger partial charge is 0.392 e. The fourth-order valence-electron chi connectivity index (χ4n) is 4.02. The summed E-state index contributed by atoms with van der Waals surface area (Å²) in [5.74, 6) is -2.03. The van der Waals surface area contributed by atoms with Gasteiger partial charge in [-0.25, -0.2) is 8.42 Å². The average molecular weight is 557 g/mol. The van der Waals surface area contributed by atoms with Gasteiger partial charge in [0.25, 0.3) is 11.8 Å². The highest BCUT2D eigenvalue weighted by atomic mass is 32.2. The zero-order valence-corrected chi connectivity index (χ0v) is 22.9. The number of alkyl halides is 3. The summed E-state index contributed by atoms with van der Waals surface area (Å²) in [7, 11) is -1.93. The number of nitrogens with one attached hydrogen (secondary N) is 2. The Kier molecular flexibility index (Phi) is 10.7. The molecule has 1 aliphatic heterocycles. The summed E-state index contributed by atoms with van der Waals surface area (Å²) in [6.07, 6.45) is 1.10. The number of sulfone groups is 1. The smallest absolute Gasteiger partial charge is 0.358 e. The quantitative estimate of drug-likeness (QED) is 0.261. The molecule has 210 valence electrons. The van der Waals surface area contributed by atoms with Crippen LogP contribution in [0, 0.1) is 13.8 Å². The number of allylic oxidation sites excluding steroid dienone is 1. The minimum Gasteiger partial charge on any atom is -0.358 e. The maximum atomic E-state index is 13.2. The number of nitrogens with zero attached hydrogens (tertiary/aromatic N) is 2. The lowest BCUT2D eigenvalue weighted by atomic mass is 10.1. The number of piperazine rings is 1. The summed E-state index contributed by atoms with van der Waals surface area (Å²) < 4.78 is 62.1. The minimum absolute atomic E-state index is 0.0929. The maximum absolute atomic E-state index is 13.2. The second-order valence-corrected chi connectivity index (χ2v) is 11.4. The van der Waals surface area contributed by atoms with Gasteiger partial charge in [-0.1, -0.05) is 30.4 Å². The van der Waals surface area contributed by atoms with E-state index >= 15 is 0 Å². The molecule has 2 N–H and O–H groups in total. The van der Waals surface area contributed by atoms with E-state index in [2.05, 4.69) is 21.8 Å². The molecule has 0 atom stereocenters. The second-order valence-electron chi connectivity index (χ2n) is 9.33.